The van der Waals surface area contributed by atoms with Crippen LogP contribution in [0.25, 0.3) is 0 Å². The van der Waals surface area contributed by atoms with E-state index in [1.54, 1.807) is 13.0 Å². The van der Waals surface area contributed by atoms with Gasteiger partial charge in [0.25, 0.3) is 5.56 Å². The number of anilines is 2. The second-order valence-corrected chi connectivity index (χ2v) is 5.05. The number of nitrogens with zero attached hydrogens (tertiary/aromatic N) is 1. The fourth-order valence-electron chi connectivity index (χ4n) is 2.13. The number of carboxylic acid groups (broad SMARTS) is 1. The topological polar surface area (TPSA) is 71.3 Å². The Morgan fingerprint density at radius 3 is 2.64 bits per heavy atom. The van der Waals surface area contributed by atoms with Gasteiger partial charge in [-0.25, -0.2) is 9.18 Å². The number of benzene rings is 1. The lowest BCUT2D eigenvalue weighted by atomic mass is 10.2. The van der Waals surface area contributed by atoms with Gasteiger partial charge in [0.1, 0.15) is 5.82 Å². The summed E-state index contributed by atoms with van der Waals surface area (Å²) >= 11 is 0. The average molecular weight is 304 g/mol. The monoisotopic (exact) mass is 304 g/mol. The maximum absolute atomic E-state index is 13.9. The van der Waals surface area contributed by atoms with E-state index in [0.29, 0.717) is 13.0 Å². The van der Waals surface area contributed by atoms with Crippen molar-refractivity contribution < 1.29 is 14.3 Å². The number of aryl methyl sites for hydroxylation is 2. The largest absolute Gasteiger partial charge is 0.478 e. The lowest BCUT2D eigenvalue weighted by molar-refractivity contribution is 0.0697. The zero-order valence-electron chi connectivity index (χ0n) is 12.4. The third kappa shape index (κ3) is 3.33. The van der Waals surface area contributed by atoms with Crippen LogP contribution in [-0.4, -0.2) is 15.6 Å². The number of halogens is 1. The third-order valence-electron chi connectivity index (χ3n) is 3.21. The highest BCUT2D eigenvalue weighted by molar-refractivity contribution is 5.94. The van der Waals surface area contributed by atoms with Crippen LogP contribution < -0.4 is 10.9 Å². The van der Waals surface area contributed by atoms with E-state index in [9.17, 15) is 19.1 Å². The number of rotatable bonds is 5. The molecule has 116 valence electrons. The molecular weight excluding hydrogens is 287 g/mol. The second-order valence-electron chi connectivity index (χ2n) is 5.05. The van der Waals surface area contributed by atoms with Crippen LogP contribution >= 0.6 is 0 Å². The number of carboxylic acids is 1. The molecule has 2 N–H and O–H groups in total. The van der Waals surface area contributed by atoms with Crippen molar-refractivity contribution in [3.63, 3.8) is 0 Å². The van der Waals surface area contributed by atoms with E-state index in [0.717, 1.165) is 5.56 Å². The van der Waals surface area contributed by atoms with E-state index in [4.69, 9.17) is 0 Å². The van der Waals surface area contributed by atoms with E-state index in [2.05, 4.69) is 5.32 Å². The molecular formula is C16H17FN2O3. The molecule has 0 aliphatic carbocycles. The number of aromatic nitrogens is 1. The van der Waals surface area contributed by atoms with E-state index in [1.165, 1.54) is 29.0 Å². The molecule has 0 fully saturated rings. The molecule has 0 atom stereocenters. The first-order chi connectivity index (χ1) is 10.4. The summed E-state index contributed by atoms with van der Waals surface area (Å²) in [6.07, 6.45) is 1.99. The zero-order valence-corrected chi connectivity index (χ0v) is 12.4. The molecule has 2 aromatic rings. The molecule has 0 aliphatic heterocycles. The molecule has 0 bridgehead atoms. The lowest BCUT2D eigenvalue weighted by Gasteiger charge is -2.13. The number of hydrogen-bond acceptors (Lipinski definition) is 3. The van der Waals surface area contributed by atoms with Crippen molar-refractivity contribution in [3.8, 4) is 0 Å². The fourth-order valence-corrected chi connectivity index (χ4v) is 2.13. The minimum Gasteiger partial charge on any atom is -0.478 e. The van der Waals surface area contributed by atoms with Gasteiger partial charge in [-0.15, -0.1) is 0 Å². The Kier molecular flexibility index (Phi) is 4.60. The molecule has 0 amide bonds. The summed E-state index contributed by atoms with van der Waals surface area (Å²) in [4.78, 5) is 23.3. The highest BCUT2D eigenvalue weighted by atomic mass is 19.1. The summed E-state index contributed by atoms with van der Waals surface area (Å²) in [6.45, 7) is 4.07. The molecule has 0 saturated heterocycles. The van der Waals surface area contributed by atoms with Crippen molar-refractivity contribution >= 4 is 17.3 Å². The first-order valence-corrected chi connectivity index (χ1v) is 6.93. The SMILES string of the molecule is CCCn1cc(C(=O)O)c(Nc2ccc(C)cc2F)cc1=O. The molecule has 0 aliphatic rings. The predicted molar refractivity (Wildman–Crippen MR) is 82.4 cm³/mol. The molecule has 22 heavy (non-hydrogen) atoms. The minimum absolute atomic E-state index is 0.0759. The molecule has 0 radical (unpaired) electrons. The van der Waals surface area contributed by atoms with Crippen molar-refractivity contribution in [3.05, 3.63) is 57.8 Å². The van der Waals surface area contributed by atoms with Gasteiger partial charge in [-0.1, -0.05) is 13.0 Å². The van der Waals surface area contributed by atoms with Gasteiger partial charge in [-0.3, -0.25) is 4.79 Å². The number of pyridine rings is 1. The van der Waals surface area contributed by atoms with Crippen molar-refractivity contribution in [2.45, 2.75) is 26.8 Å². The standard InChI is InChI=1S/C16H17FN2O3/c1-3-6-19-9-11(16(21)22)14(8-15(19)20)18-13-5-4-10(2)7-12(13)17/h4-5,7-9,18H,3,6H2,1-2H3,(H,21,22). The Balaban J connectivity index is 2.47. The average Bonchev–Trinajstić information content (AvgIpc) is 2.44. The van der Waals surface area contributed by atoms with Gasteiger partial charge < -0.3 is 15.0 Å². The van der Waals surface area contributed by atoms with Gasteiger partial charge in [0.05, 0.1) is 16.9 Å². The summed E-state index contributed by atoms with van der Waals surface area (Å²) in [7, 11) is 0. The first-order valence-electron chi connectivity index (χ1n) is 6.93. The van der Waals surface area contributed by atoms with Crippen LogP contribution in [-0.2, 0) is 6.54 Å². The Morgan fingerprint density at radius 1 is 1.32 bits per heavy atom. The lowest BCUT2D eigenvalue weighted by Crippen LogP contribution is -2.22. The van der Waals surface area contributed by atoms with Gasteiger partial charge in [-0.2, -0.15) is 0 Å². The van der Waals surface area contributed by atoms with Gasteiger partial charge in [-0.05, 0) is 31.0 Å². The van der Waals surface area contributed by atoms with Crippen LogP contribution in [0.4, 0.5) is 15.8 Å². The van der Waals surface area contributed by atoms with E-state index >= 15 is 0 Å². The van der Waals surface area contributed by atoms with Gasteiger partial charge in [0.2, 0.25) is 0 Å². The van der Waals surface area contributed by atoms with Gasteiger partial charge in [0, 0.05) is 18.8 Å². The van der Waals surface area contributed by atoms with Crippen molar-refractivity contribution in [2.24, 2.45) is 0 Å². The Labute approximate surface area is 127 Å². The van der Waals surface area contributed by atoms with Gasteiger partial charge >= 0.3 is 5.97 Å². The Morgan fingerprint density at radius 2 is 2.05 bits per heavy atom. The summed E-state index contributed by atoms with van der Waals surface area (Å²) in [5.41, 5.74) is 0.545. The predicted octanol–water partition coefficient (Wildman–Crippen LogP) is 3.15. The molecule has 1 aromatic carbocycles. The van der Waals surface area contributed by atoms with Crippen molar-refractivity contribution in [1.29, 1.82) is 0 Å². The molecule has 0 saturated carbocycles. The maximum atomic E-state index is 13.9. The summed E-state index contributed by atoms with van der Waals surface area (Å²) in [6, 6.07) is 5.72. The highest BCUT2D eigenvalue weighted by Gasteiger charge is 2.14. The van der Waals surface area contributed by atoms with Gasteiger partial charge in [0.15, 0.2) is 0 Å². The highest BCUT2D eigenvalue weighted by Crippen LogP contribution is 2.23. The number of hydrogen-bond donors (Lipinski definition) is 2. The molecule has 0 unspecified atom stereocenters. The number of nitrogens with one attached hydrogen (secondary N) is 1. The van der Waals surface area contributed by atoms with Crippen molar-refractivity contribution in [1.82, 2.24) is 4.57 Å². The quantitative estimate of drug-likeness (QED) is 0.890. The molecule has 0 spiro atoms. The number of aromatic carboxylic acids is 1. The van der Waals surface area contributed by atoms with Crippen LogP contribution in [0.1, 0.15) is 29.3 Å². The Hall–Kier alpha value is -2.63. The molecule has 2 rings (SSSR count). The van der Waals surface area contributed by atoms with Crippen molar-refractivity contribution in [2.75, 3.05) is 5.32 Å². The van der Waals surface area contributed by atoms with Crippen LogP contribution in [0.3, 0.4) is 0 Å². The Bertz CT molecular complexity index is 768. The first kappa shape index (κ1) is 15.8. The second kappa shape index (κ2) is 6.43. The smallest absolute Gasteiger partial charge is 0.339 e. The summed E-state index contributed by atoms with van der Waals surface area (Å²) in [5.74, 6) is -1.69. The van der Waals surface area contributed by atoms with Crippen LogP contribution in [0, 0.1) is 12.7 Å². The summed E-state index contributed by atoms with van der Waals surface area (Å²) < 4.78 is 15.2. The van der Waals surface area contributed by atoms with Crippen LogP contribution in [0.2, 0.25) is 0 Å². The summed E-state index contributed by atoms with van der Waals surface area (Å²) in [5, 5.41) is 12.0. The molecule has 1 aromatic heterocycles. The fraction of sp³-hybridized carbons (Fsp3) is 0.250. The number of carbonyl (C=O) groups is 1. The zero-order chi connectivity index (χ0) is 16.3. The van der Waals surface area contributed by atoms with Crippen LogP contribution in [0.5, 0.6) is 0 Å². The molecule has 5 nitrogen and oxygen atoms in total. The third-order valence-corrected chi connectivity index (χ3v) is 3.21. The van der Waals surface area contributed by atoms with E-state index in [-0.39, 0.29) is 22.5 Å². The minimum atomic E-state index is -1.18. The van der Waals surface area contributed by atoms with Crippen LogP contribution in [0.15, 0.2) is 35.3 Å². The molecule has 6 heteroatoms. The van der Waals surface area contributed by atoms with E-state index < -0.39 is 11.8 Å². The molecule has 1 heterocycles. The van der Waals surface area contributed by atoms with E-state index in [1.807, 2.05) is 6.92 Å². The normalized spacial score (nSPS) is 10.5. The maximum Gasteiger partial charge on any atom is 0.339 e.